The van der Waals surface area contributed by atoms with Crippen molar-refractivity contribution in [3.05, 3.63) is 59.7 Å². The van der Waals surface area contributed by atoms with Gasteiger partial charge in [-0.3, -0.25) is 9.59 Å². The number of rotatable bonds is 6. The molecule has 0 bridgehead atoms. The third kappa shape index (κ3) is 6.70. The molecule has 29 heavy (non-hydrogen) atoms. The largest absolute Gasteiger partial charge is 0.479 e. The molecule has 0 atom stereocenters. The minimum atomic E-state index is -4.60. The van der Waals surface area contributed by atoms with Crippen molar-refractivity contribution in [2.45, 2.75) is 13.1 Å². The first kappa shape index (κ1) is 21.5. The normalized spacial score (nSPS) is 11.0. The van der Waals surface area contributed by atoms with E-state index in [1.165, 1.54) is 13.0 Å². The predicted octanol–water partition coefficient (Wildman–Crippen LogP) is 4.22. The van der Waals surface area contributed by atoms with E-state index in [2.05, 4.69) is 10.6 Å². The molecular weight excluding hydrogens is 387 g/mol. The van der Waals surface area contributed by atoms with Gasteiger partial charge in [0.25, 0.3) is 0 Å². The van der Waals surface area contributed by atoms with E-state index in [1.54, 1.807) is 24.3 Å². The van der Waals surface area contributed by atoms with Gasteiger partial charge < -0.3 is 15.4 Å². The van der Waals surface area contributed by atoms with Gasteiger partial charge in [0.05, 0.1) is 16.9 Å². The second kappa shape index (κ2) is 9.41. The van der Waals surface area contributed by atoms with Gasteiger partial charge in [-0.2, -0.15) is 18.4 Å². The molecule has 0 saturated carbocycles. The Bertz CT molecular complexity index is 962. The molecule has 2 N–H and O–H groups in total. The van der Waals surface area contributed by atoms with Gasteiger partial charge in [0.2, 0.25) is 11.8 Å². The second-order valence-electron chi connectivity index (χ2n) is 5.78. The number of carbonyl (C=O) groups excluding carboxylic acids is 2. The molecule has 150 valence electrons. The number of anilines is 2. The van der Waals surface area contributed by atoms with Gasteiger partial charge >= 0.3 is 6.18 Å². The molecule has 0 aliphatic carbocycles. The molecule has 0 radical (unpaired) electrons. The van der Waals surface area contributed by atoms with Crippen LogP contribution in [0.1, 0.15) is 18.1 Å². The number of nitrogens with one attached hydrogen (secondary N) is 2. The summed E-state index contributed by atoms with van der Waals surface area (Å²) in [5, 5.41) is 13.2. The highest BCUT2D eigenvalue weighted by Gasteiger charge is 2.31. The van der Waals surface area contributed by atoms with E-state index in [9.17, 15) is 22.8 Å². The topological polar surface area (TPSA) is 91.2 Å². The summed E-state index contributed by atoms with van der Waals surface area (Å²) in [6, 6.07) is 11.0. The van der Waals surface area contributed by atoms with Gasteiger partial charge in [0.1, 0.15) is 11.8 Å². The summed E-state index contributed by atoms with van der Waals surface area (Å²) in [6.45, 7) is 1.11. The van der Waals surface area contributed by atoms with E-state index in [4.69, 9.17) is 10.00 Å². The molecule has 0 aliphatic heterocycles. The molecule has 6 nitrogen and oxygen atoms in total. The third-order valence-corrected chi connectivity index (χ3v) is 3.53. The Balaban J connectivity index is 2.15. The van der Waals surface area contributed by atoms with E-state index in [0.29, 0.717) is 11.3 Å². The fraction of sp³-hybridized carbons (Fsp3) is 0.150. The average Bonchev–Trinajstić information content (AvgIpc) is 2.65. The Hall–Kier alpha value is -3.80. The van der Waals surface area contributed by atoms with Crippen molar-refractivity contribution in [2.75, 3.05) is 17.2 Å². The highest BCUT2D eigenvalue weighted by molar-refractivity contribution is 6.05. The highest BCUT2D eigenvalue weighted by Crippen LogP contribution is 2.34. The first-order valence-corrected chi connectivity index (χ1v) is 8.27. The molecule has 0 saturated heterocycles. The minimum absolute atomic E-state index is 0.0474. The molecule has 9 heteroatoms. The SMILES string of the molecule is CC(=O)Nc1ccc(C(F)(F)F)cc1NC(=O)/C=C/c1ccc(OCC#N)cc1. The van der Waals surface area contributed by atoms with Crippen LogP contribution in [0, 0.1) is 11.3 Å². The molecule has 0 spiro atoms. The lowest BCUT2D eigenvalue weighted by molar-refractivity contribution is -0.137. The fourth-order valence-electron chi connectivity index (χ4n) is 2.26. The number of amides is 2. The van der Waals surface area contributed by atoms with Crippen LogP contribution in [0.2, 0.25) is 0 Å². The van der Waals surface area contributed by atoms with Crippen LogP contribution in [-0.2, 0) is 15.8 Å². The molecule has 0 unspecified atom stereocenters. The fourth-order valence-corrected chi connectivity index (χ4v) is 2.26. The third-order valence-electron chi connectivity index (χ3n) is 3.53. The van der Waals surface area contributed by atoms with Gasteiger partial charge in [-0.1, -0.05) is 12.1 Å². The molecule has 2 aromatic rings. The first-order valence-electron chi connectivity index (χ1n) is 8.27. The number of nitriles is 1. The van der Waals surface area contributed by atoms with Gasteiger partial charge in [0.15, 0.2) is 6.61 Å². The number of ether oxygens (including phenoxy) is 1. The summed E-state index contributed by atoms with van der Waals surface area (Å²) in [5.41, 5.74) is -0.453. The quantitative estimate of drug-likeness (QED) is 0.707. The van der Waals surface area contributed by atoms with Crippen LogP contribution in [-0.4, -0.2) is 18.4 Å². The summed E-state index contributed by atoms with van der Waals surface area (Å²) >= 11 is 0. The molecule has 2 aromatic carbocycles. The van der Waals surface area contributed by atoms with Crippen LogP contribution >= 0.6 is 0 Å². The lowest BCUT2D eigenvalue weighted by atomic mass is 10.1. The van der Waals surface area contributed by atoms with Gasteiger partial charge in [-0.15, -0.1) is 0 Å². The molecule has 2 amide bonds. The standard InChI is InChI=1S/C20H16F3N3O3/c1-13(27)25-17-8-5-15(20(21,22)23)12-18(17)26-19(28)9-4-14-2-6-16(7-3-14)29-11-10-24/h2-9,12H,11H2,1H3,(H,25,27)(H,26,28)/b9-4+. The average molecular weight is 403 g/mol. The number of alkyl halides is 3. The van der Waals surface area contributed by atoms with E-state index >= 15 is 0 Å². The Kier molecular flexibility index (Phi) is 6.98. The van der Waals surface area contributed by atoms with Crippen LogP contribution in [0.5, 0.6) is 5.75 Å². The smallest absolute Gasteiger partial charge is 0.416 e. The Morgan fingerprint density at radius 1 is 1.10 bits per heavy atom. The number of hydrogen-bond donors (Lipinski definition) is 2. The van der Waals surface area contributed by atoms with Crippen molar-refractivity contribution in [2.24, 2.45) is 0 Å². The van der Waals surface area contributed by atoms with Crippen molar-refractivity contribution < 1.29 is 27.5 Å². The zero-order valence-corrected chi connectivity index (χ0v) is 15.2. The van der Waals surface area contributed by atoms with Crippen molar-refractivity contribution in [3.63, 3.8) is 0 Å². The van der Waals surface area contributed by atoms with Crippen molar-refractivity contribution in [1.29, 1.82) is 5.26 Å². The Labute approximate surface area is 164 Å². The van der Waals surface area contributed by atoms with Gasteiger partial charge in [-0.25, -0.2) is 0 Å². The summed E-state index contributed by atoms with van der Waals surface area (Å²) in [4.78, 5) is 23.4. The van der Waals surface area contributed by atoms with Crippen LogP contribution in [0.15, 0.2) is 48.5 Å². The molecule has 0 heterocycles. The molecule has 0 aliphatic rings. The Morgan fingerprint density at radius 2 is 1.79 bits per heavy atom. The zero-order chi connectivity index (χ0) is 21.4. The van der Waals surface area contributed by atoms with Crippen LogP contribution < -0.4 is 15.4 Å². The number of halogens is 3. The van der Waals surface area contributed by atoms with Crippen LogP contribution in [0.3, 0.4) is 0 Å². The Morgan fingerprint density at radius 3 is 2.38 bits per heavy atom. The lowest BCUT2D eigenvalue weighted by Gasteiger charge is -2.14. The number of hydrogen-bond acceptors (Lipinski definition) is 4. The van der Waals surface area contributed by atoms with Gasteiger partial charge in [-0.05, 0) is 42.0 Å². The maximum atomic E-state index is 12.9. The number of benzene rings is 2. The van der Waals surface area contributed by atoms with E-state index in [1.807, 2.05) is 6.07 Å². The monoisotopic (exact) mass is 403 g/mol. The summed E-state index contributed by atoms with van der Waals surface area (Å²) < 4.78 is 43.9. The molecule has 0 aromatic heterocycles. The van der Waals surface area contributed by atoms with Crippen LogP contribution in [0.4, 0.5) is 24.5 Å². The zero-order valence-electron chi connectivity index (χ0n) is 15.2. The van der Waals surface area contributed by atoms with E-state index < -0.39 is 23.6 Å². The first-order chi connectivity index (χ1) is 13.7. The highest BCUT2D eigenvalue weighted by atomic mass is 19.4. The van der Waals surface area contributed by atoms with Crippen molar-refractivity contribution in [1.82, 2.24) is 0 Å². The number of nitrogens with zero attached hydrogens (tertiary/aromatic N) is 1. The summed E-state index contributed by atoms with van der Waals surface area (Å²) in [6.07, 6.45) is -2.00. The minimum Gasteiger partial charge on any atom is -0.479 e. The number of carbonyl (C=O) groups is 2. The van der Waals surface area contributed by atoms with E-state index in [0.717, 1.165) is 24.3 Å². The van der Waals surface area contributed by atoms with Crippen molar-refractivity contribution >= 4 is 29.3 Å². The summed E-state index contributed by atoms with van der Waals surface area (Å²) in [5.74, 6) is -0.688. The molecular formula is C20H16F3N3O3. The molecule has 2 rings (SSSR count). The van der Waals surface area contributed by atoms with Crippen molar-refractivity contribution in [3.8, 4) is 11.8 Å². The van der Waals surface area contributed by atoms with Crippen LogP contribution in [0.25, 0.3) is 6.08 Å². The second-order valence-corrected chi connectivity index (χ2v) is 5.78. The maximum Gasteiger partial charge on any atom is 0.416 e. The van der Waals surface area contributed by atoms with E-state index in [-0.39, 0.29) is 18.0 Å². The van der Waals surface area contributed by atoms with Gasteiger partial charge in [0, 0.05) is 13.0 Å². The maximum absolute atomic E-state index is 12.9. The molecule has 0 fully saturated rings. The lowest BCUT2D eigenvalue weighted by Crippen LogP contribution is -2.14. The summed E-state index contributed by atoms with van der Waals surface area (Å²) in [7, 11) is 0. The predicted molar refractivity (Wildman–Crippen MR) is 101 cm³/mol.